The van der Waals surface area contributed by atoms with Crippen molar-refractivity contribution in [2.24, 2.45) is 0 Å². The van der Waals surface area contributed by atoms with Gasteiger partial charge in [-0.05, 0) is 30.5 Å². The van der Waals surface area contributed by atoms with Crippen molar-refractivity contribution in [3.8, 4) is 0 Å². The summed E-state index contributed by atoms with van der Waals surface area (Å²) in [6.45, 7) is 0.0626. The molecule has 86 valence electrons. The molecule has 0 bridgehead atoms. The minimum Gasteiger partial charge on any atom is -0.392 e. The molecule has 1 aromatic carbocycles. The summed E-state index contributed by atoms with van der Waals surface area (Å²) in [5.74, 6) is 0.577. The predicted molar refractivity (Wildman–Crippen MR) is 64.3 cm³/mol. The number of thioether (sulfide) groups is 1. The molecule has 4 heteroatoms. The molecule has 0 aliphatic heterocycles. The van der Waals surface area contributed by atoms with Crippen LogP contribution in [0, 0.1) is 0 Å². The Kier molecular flexibility index (Phi) is 3.85. The fraction of sp³-hybridized carbons (Fsp3) is 0.417. The lowest BCUT2D eigenvalue weighted by Crippen LogP contribution is -2.26. The molecule has 0 saturated heterocycles. The van der Waals surface area contributed by atoms with Crippen molar-refractivity contribution in [3.63, 3.8) is 0 Å². The molecule has 1 fully saturated rings. The lowest BCUT2D eigenvalue weighted by Gasteiger charge is -2.03. The van der Waals surface area contributed by atoms with E-state index in [-0.39, 0.29) is 12.5 Å². The van der Waals surface area contributed by atoms with Gasteiger partial charge in [0.2, 0.25) is 5.91 Å². The van der Waals surface area contributed by atoms with Crippen molar-refractivity contribution in [2.45, 2.75) is 30.4 Å². The number of rotatable bonds is 5. The van der Waals surface area contributed by atoms with Gasteiger partial charge in [-0.15, -0.1) is 11.8 Å². The van der Waals surface area contributed by atoms with Gasteiger partial charge >= 0.3 is 0 Å². The third kappa shape index (κ3) is 3.54. The zero-order chi connectivity index (χ0) is 11.4. The standard InChI is InChI=1S/C12H15NO2S/c14-7-9-1-5-11(6-2-9)16-8-12(15)13-10-3-4-10/h1-2,5-6,10,14H,3-4,7-8H2,(H,13,15). The smallest absolute Gasteiger partial charge is 0.230 e. The van der Waals surface area contributed by atoms with Gasteiger partial charge in [-0.2, -0.15) is 0 Å². The van der Waals surface area contributed by atoms with E-state index in [2.05, 4.69) is 5.32 Å². The highest BCUT2D eigenvalue weighted by atomic mass is 32.2. The first-order valence-electron chi connectivity index (χ1n) is 5.40. The Morgan fingerprint density at radius 1 is 1.38 bits per heavy atom. The molecule has 1 saturated carbocycles. The van der Waals surface area contributed by atoms with E-state index < -0.39 is 0 Å². The maximum absolute atomic E-state index is 11.4. The van der Waals surface area contributed by atoms with E-state index in [1.165, 1.54) is 11.8 Å². The highest BCUT2D eigenvalue weighted by molar-refractivity contribution is 8.00. The summed E-state index contributed by atoms with van der Waals surface area (Å²) in [5.41, 5.74) is 0.895. The number of aliphatic hydroxyl groups is 1. The summed E-state index contributed by atoms with van der Waals surface area (Å²) in [7, 11) is 0. The Morgan fingerprint density at radius 2 is 2.06 bits per heavy atom. The molecular weight excluding hydrogens is 222 g/mol. The molecule has 2 N–H and O–H groups in total. The van der Waals surface area contributed by atoms with E-state index in [1.54, 1.807) is 0 Å². The van der Waals surface area contributed by atoms with Crippen LogP contribution in [0.5, 0.6) is 0 Å². The third-order valence-corrected chi connectivity index (χ3v) is 3.43. The van der Waals surface area contributed by atoms with Crippen molar-refractivity contribution in [1.29, 1.82) is 0 Å². The second kappa shape index (κ2) is 5.37. The number of hydrogen-bond acceptors (Lipinski definition) is 3. The van der Waals surface area contributed by atoms with Crippen LogP contribution in [0.25, 0.3) is 0 Å². The van der Waals surface area contributed by atoms with Gasteiger partial charge in [-0.3, -0.25) is 4.79 Å². The molecule has 0 radical (unpaired) electrons. The number of nitrogens with one attached hydrogen (secondary N) is 1. The maximum Gasteiger partial charge on any atom is 0.230 e. The average molecular weight is 237 g/mol. The van der Waals surface area contributed by atoms with E-state index in [4.69, 9.17) is 5.11 Å². The molecule has 2 rings (SSSR count). The minimum absolute atomic E-state index is 0.0626. The monoisotopic (exact) mass is 237 g/mol. The first-order valence-corrected chi connectivity index (χ1v) is 6.38. The Labute approximate surface area is 99.2 Å². The number of carbonyl (C=O) groups excluding carboxylic acids is 1. The molecule has 1 aromatic rings. The number of benzene rings is 1. The summed E-state index contributed by atoms with van der Waals surface area (Å²) >= 11 is 1.52. The van der Waals surface area contributed by atoms with Crippen molar-refractivity contribution in [1.82, 2.24) is 5.32 Å². The van der Waals surface area contributed by atoms with Crippen LogP contribution in [-0.4, -0.2) is 22.8 Å². The van der Waals surface area contributed by atoms with E-state index in [0.717, 1.165) is 23.3 Å². The average Bonchev–Trinajstić information content (AvgIpc) is 3.11. The number of aliphatic hydroxyl groups excluding tert-OH is 1. The van der Waals surface area contributed by atoms with Crippen LogP contribution in [0.1, 0.15) is 18.4 Å². The number of hydrogen-bond donors (Lipinski definition) is 2. The minimum atomic E-state index is 0.0626. The maximum atomic E-state index is 11.4. The van der Waals surface area contributed by atoms with Crippen molar-refractivity contribution >= 4 is 17.7 Å². The molecule has 0 heterocycles. The molecule has 1 amide bonds. The molecule has 16 heavy (non-hydrogen) atoms. The lowest BCUT2D eigenvalue weighted by atomic mass is 10.2. The van der Waals surface area contributed by atoms with Gasteiger partial charge in [0.25, 0.3) is 0 Å². The number of amides is 1. The van der Waals surface area contributed by atoms with Crippen molar-refractivity contribution in [3.05, 3.63) is 29.8 Å². The van der Waals surface area contributed by atoms with Crippen LogP contribution in [-0.2, 0) is 11.4 Å². The topological polar surface area (TPSA) is 49.3 Å². The predicted octanol–water partition coefficient (Wildman–Crippen LogP) is 1.55. The van der Waals surface area contributed by atoms with Gasteiger partial charge < -0.3 is 10.4 Å². The van der Waals surface area contributed by atoms with Crippen LogP contribution >= 0.6 is 11.8 Å². The van der Waals surface area contributed by atoms with E-state index in [1.807, 2.05) is 24.3 Å². The van der Waals surface area contributed by atoms with E-state index in [0.29, 0.717) is 11.8 Å². The number of carbonyl (C=O) groups is 1. The quantitative estimate of drug-likeness (QED) is 0.764. The van der Waals surface area contributed by atoms with E-state index >= 15 is 0 Å². The van der Waals surface area contributed by atoms with Crippen LogP contribution in [0.3, 0.4) is 0 Å². The summed E-state index contributed by atoms with van der Waals surface area (Å²) in [6.07, 6.45) is 2.25. The van der Waals surface area contributed by atoms with Crippen LogP contribution < -0.4 is 5.32 Å². The molecule has 3 nitrogen and oxygen atoms in total. The zero-order valence-corrected chi connectivity index (χ0v) is 9.80. The fourth-order valence-electron chi connectivity index (χ4n) is 1.34. The van der Waals surface area contributed by atoms with Crippen LogP contribution in [0.2, 0.25) is 0 Å². The SMILES string of the molecule is O=C(CSc1ccc(CO)cc1)NC1CC1. The highest BCUT2D eigenvalue weighted by Gasteiger charge is 2.22. The molecule has 0 aromatic heterocycles. The fourth-order valence-corrected chi connectivity index (χ4v) is 2.05. The molecule has 1 aliphatic rings. The van der Waals surface area contributed by atoms with Crippen LogP contribution in [0.15, 0.2) is 29.2 Å². The van der Waals surface area contributed by atoms with Gasteiger partial charge in [-0.1, -0.05) is 12.1 Å². The summed E-state index contributed by atoms with van der Waals surface area (Å²) in [5, 5.41) is 11.8. The molecule has 0 unspecified atom stereocenters. The van der Waals surface area contributed by atoms with E-state index in [9.17, 15) is 4.79 Å². The first-order chi connectivity index (χ1) is 7.78. The molecular formula is C12H15NO2S. The van der Waals surface area contributed by atoms with Gasteiger partial charge in [0, 0.05) is 10.9 Å². The van der Waals surface area contributed by atoms with Crippen molar-refractivity contribution < 1.29 is 9.90 Å². The normalized spacial score (nSPS) is 14.8. The van der Waals surface area contributed by atoms with Crippen molar-refractivity contribution in [2.75, 3.05) is 5.75 Å². The molecule has 0 atom stereocenters. The Balaban J connectivity index is 1.76. The Morgan fingerprint density at radius 3 is 2.62 bits per heavy atom. The summed E-state index contributed by atoms with van der Waals surface area (Å²) < 4.78 is 0. The lowest BCUT2D eigenvalue weighted by molar-refractivity contribution is -0.118. The third-order valence-electron chi connectivity index (χ3n) is 2.42. The highest BCUT2D eigenvalue weighted by Crippen LogP contribution is 2.21. The summed E-state index contributed by atoms with van der Waals surface area (Å²) in [6, 6.07) is 8.05. The second-order valence-corrected chi connectivity index (χ2v) is 4.98. The Hall–Kier alpha value is -1.00. The first kappa shape index (κ1) is 11.5. The second-order valence-electron chi connectivity index (χ2n) is 3.93. The van der Waals surface area contributed by atoms with Gasteiger partial charge in [0.1, 0.15) is 0 Å². The molecule has 1 aliphatic carbocycles. The summed E-state index contributed by atoms with van der Waals surface area (Å²) in [4.78, 5) is 12.5. The largest absolute Gasteiger partial charge is 0.392 e. The van der Waals surface area contributed by atoms with Gasteiger partial charge in [-0.25, -0.2) is 0 Å². The Bertz CT molecular complexity index is 360. The zero-order valence-electron chi connectivity index (χ0n) is 8.98. The van der Waals surface area contributed by atoms with Gasteiger partial charge in [0.15, 0.2) is 0 Å². The molecule has 0 spiro atoms. The van der Waals surface area contributed by atoms with Crippen LogP contribution in [0.4, 0.5) is 0 Å². The van der Waals surface area contributed by atoms with Gasteiger partial charge in [0.05, 0.1) is 12.4 Å².